The first-order valence-electron chi connectivity index (χ1n) is 10.6. The van der Waals surface area contributed by atoms with E-state index in [2.05, 4.69) is 13.5 Å². The van der Waals surface area contributed by atoms with Gasteiger partial charge in [0, 0.05) is 6.61 Å². The van der Waals surface area contributed by atoms with Crippen LogP contribution in [-0.2, 0) is 4.74 Å². The van der Waals surface area contributed by atoms with Gasteiger partial charge in [-0.05, 0) is 6.42 Å². The van der Waals surface area contributed by atoms with Gasteiger partial charge < -0.3 is 4.74 Å². The average molecular weight is 359 g/mol. The highest BCUT2D eigenvalue weighted by molar-refractivity contribution is 6.18. The van der Waals surface area contributed by atoms with Gasteiger partial charge >= 0.3 is 0 Å². The molecule has 0 aromatic heterocycles. The SMILES string of the molecule is C=CC(CCl)OCCCCCCCCCCCCCCCCCC. The second kappa shape index (κ2) is 21.0. The summed E-state index contributed by atoms with van der Waals surface area (Å²) < 4.78 is 5.61. The van der Waals surface area contributed by atoms with Crippen LogP contribution in [0.2, 0.25) is 0 Å². The van der Waals surface area contributed by atoms with Crippen LogP contribution in [0.3, 0.4) is 0 Å². The van der Waals surface area contributed by atoms with Gasteiger partial charge in [0.2, 0.25) is 0 Å². The monoisotopic (exact) mass is 358 g/mol. The van der Waals surface area contributed by atoms with Crippen molar-refractivity contribution in [2.75, 3.05) is 12.5 Å². The first kappa shape index (κ1) is 24.0. The molecule has 0 fully saturated rings. The van der Waals surface area contributed by atoms with E-state index < -0.39 is 0 Å². The topological polar surface area (TPSA) is 9.23 Å². The molecule has 0 spiro atoms. The summed E-state index contributed by atoms with van der Waals surface area (Å²) in [5.74, 6) is 0.516. The molecule has 0 heterocycles. The Bertz CT molecular complexity index is 242. The maximum Gasteiger partial charge on any atom is 0.0888 e. The third-order valence-electron chi connectivity index (χ3n) is 4.74. The molecule has 0 aromatic rings. The number of unbranched alkanes of at least 4 members (excludes halogenated alkanes) is 15. The fraction of sp³-hybridized carbons (Fsp3) is 0.909. The third-order valence-corrected chi connectivity index (χ3v) is 5.05. The molecule has 0 aliphatic carbocycles. The van der Waals surface area contributed by atoms with Crippen LogP contribution >= 0.6 is 11.6 Å². The number of alkyl halides is 1. The fourth-order valence-electron chi connectivity index (χ4n) is 3.06. The zero-order valence-electron chi connectivity index (χ0n) is 16.4. The van der Waals surface area contributed by atoms with Crippen molar-refractivity contribution in [2.24, 2.45) is 0 Å². The Morgan fingerprint density at radius 3 is 1.42 bits per heavy atom. The summed E-state index contributed by atoms with van der Waals surface area (Å²) in [6, 6.07) is 0. The van der Waals surface area contributed by atoms with Crippen LogP contribution in [0.15, 0.2) is 12.7 Å². The number of rotatable bonds is 20. The maximum atomic E-state index is 5.75. The van der Waals surface area contributed by atoms with E-state index in [4.69, 9.17) is 16.3 Å². The predicted molar refractivity (Wildman–Crippen MR) is 110 cm³/mol. The zero-order chi connectivity index (χ0) is 17.7. The normalized spacial score (nSPS) is 12.4. The second-order valence-corrected chi connectivity index (χ2v) is 7.41. The Morgan fingerprint density at radius 1 is 0.708 bits per heavy atom. The van der Waals surface area contributed by atoms with E-state index in [9.17, 15) is 0 Å². The summed E-state index contributed by atoms with van der Waals surface area (Å²) in [5, 5.41) is 0. The Hall–Kier alpha value is -0.0100. The van der Waals surface area contributed by atoms with Crippen LogP contribution < -0.4 is 0 Å². The summed E-state index contributed by atoms with van der Waals surface area (Å²) in [7, 11) is 0. The van der Waals surface area contributed by atoms with E-state index in [0.717, 1.165) is 13.0 Å². The minimum absolute atomic E-state index is 0.0306. The molecule has 0 radical (unpaired) electrons. The molecule has 1 atom stereocenters. The minimum atomic E-state index is 0.0306. The van der Waals surface area contributed by atoms with Crippen molar-refractivity contribution in [3.05, 3.63) is 12.7 Å². The van der Waals surface area contributed by atoms with Gasteiger partial charge in [-0.1, -0.05) is 109 Å². The zero-order valence-corrected chi connectivity index (χ0v) is 17.1. The first-order chi connectivity index (χ1) is 11.8. The summed E-state index contributed by atoms with van der Waals surface area (Å²) in [6.45, 7) is 6.83. The van der Waals surface area contributed by atoms with E-state index in [1.807, 2.05) is 0 Å². The van der Waals surface area contributed by atoms with E-state index in [1.165, 1.54) is 96.3 Å². The van der Waals surface area contributed by atoms with Gasteiger partial charge in [0.25, 0.3) is 0 Å². The molecule has 0 aromatic carbocycles. The molecule has 0 N–H and O–H groups in total. The third kappa shape index (κ3) is 18.3. The van der Waals surface area contributed by atoms with Crippen molar-refractivity contribution >= 4 is 11.6 Å². The predicted octanol–water partition coefficient (Wildman–Crippen LogP) is 8.06. The van der Waals surface area contributed by atoms with Gasteiger partial charge in [-0.3, -0.25) is 0 Å². The van der Waals surface area contributed by atoms with Gasteiger partial charge in [-0.25, -0.2) is 0 Å². The average Bonchev–Trinajstić information content (AvgIpc) is 2.61. The molecule has 0 saturated heterocycles. The highest BCUT2D eigenvalue weighted by Crippen LogP contribution is 2.13. The molecule has 0 aliphatic heterocycles. The van der Waals surface area contributed by atoms with Gasteiger partial charge in [0.15, 0.2) is 0 Å². The molecular weight excluding hydrogens is 316 g/mol. The number of hydrogen-bond acceptors (Lipinski definition) is 1. The van der Waals surface area contributed by atoms with Crippen molar-refractivity contribution in [3.63, 3.8) is 0 Å². The number of hydrogen-bond donors (Lipinski definition) is 0. The summed E-state index contributed by atoms with van der Waals surface area (Å²) in [5.41, 5.74) is 0. The molecule has 0 amide bonds. The minimum Gasteiger partial charge on any atom is -0.373 e. The summed E-state index contributed by atoms with van der Waals surface area (Å²) in [4.78, 5) is 0. The molecule has 24 heavy (non-hydrogen) atoms. The lowest BCUT2D eigenvalue weighted by Gasteiger charge is -2.10. The molecule has 0 rings (SSSR count). The molecule has 144 valence electrons. The van der Waals surface area contributed by atoms with Gasteiger partial charge in [0.05, 0.1) is 12.0 Å². The van der Waals surface area contributed by atoms with Crippen LogP contribution in [0.25, 0.3) is 0 Å². The lowest BCUT2D eigenvalue weighted by molar-refractivity contribution is 0.0961. The molecule has 0 aliphatic rings. The van der Waals surface area contributed by atoms with Crippen LogP contribution in [0.4, 0.5) is 0 Å². The van der Waals surface area contributed by atoms with E-state index in [-0.39, 0.29) is 6.10 Å². The summed E-state index contributed by atoms with van der Waals surface area (Å²) >= 11 is 5.75. The van der Waals surface area contributed by atoms with Crippen molar-refractivity contribution in [2.45, 2.75) is 116 Å². The maximum absolute atomic E-state index is 5.75. The van der Waals surface area contributed by atoms with Crippen LogP contribution in [0.5, 0.6) is 0 Å². The standard InChI is InChI=1S/C22H43ClO/c1-3-5-6-7-8-9-10-11-12-13-14-15-16-17-18-19-20-24-22(4-2)21-23/h4,22H,2-3,5-21H2,1H3. The van der Waals surface area contributed by atoms with E-state index >= 15 is 0 Å². The molecule has 0 saturated carbocycles. The molecule has 0 bridgehead atoms. The highest BCUT2D eigenvalue weighted by atomic mass is 35.5. The van der Waals surface area contributed by atoms with Crippen LogP contribution in [-0.4, -0.2) is 18.6 Å². The Kier molecular flexibility index (Phi) is 21.0. The van der Waals surface area contributed by atoms with E-state index in [0.29, 0.717) is 5.88 Å². The van der Waals surface area contributed by atoms with Crippen LogP contribution in [0.1, 0.15) is 110 Å². The molecular formula is C22H43ClO. The number of ether oxygens (including phenoxy) is 1. The first-order valence-corrected chi connectivity index (χ1v) is 11.2. The molecule has 1 unspecified atom stereocenters. The lowest BCUT2D eigenvalue weighted by Crippen LogP contribution is -2.11. The molecule has 1 nitrogen and oxygen atoms in total. The summed E-state index contributed by atoms with van der Waals surface area (Å²) in [6.07, 6.45) is 24.2. The number of halogens is 1. The van der Waals surface area contributed by atoms with Gasteiger partial charge in [-0.15, -0.1) is 18.2 Å². The second-order valence-electron chi connectivity index (χ2n) is 7.10. The van der Waals surface area contributed by atoms with Gasteiger partial charge in [-0.2, -0.15) is 0 Å². The van der Waals surface area contributed by atoms with Crippen molar-refractivity contribution in [1.82, 2.24) is 0 Å². The quantitative estimate of drug-likeness (QED) is 0.121. The highest BCUT2D eigenvalue weighted by Gasteiger charge is 2.01. The largest absolute Gasteiger partial charge is 0.373 e. The lowest BCUT2D eigenvalue weighted by atomic mass is 10.0. The fourth-order valence-corrected chi connectivity index (χ4v) is 3.28. The smallest absolute Gasteiger partial charge is 0.0888 e. The van der Waals surface area contributed by atoms with E-state index in [1.54, 1.807) is 6.08 Å². The Balaban J connectivity index is 3.04. The van der Waals surface area contributed by atoms with Crippen molar-refractivity contribution in [3.8, 4) is 0 Å². The van der Waals surface area contributed by atoms with Crippen molar-refractivity contribution < 1.29 is 4.74 Å². The van der Waals surface area contributed by atoms with Crippen molar-refractivity contribution in [1.29, 1.82) is 0 Å². The Labute approximate surface area is 157 Å². The molecule has 2 heteroatoms. The van der Waals surface area contributed by atoms with Crippen LogP contribution in [0, 0.1) is 0 Å². The Morgan fingerprint density at radius 2 is 1.08 bits per heavy atom. The van der Waals surface area contributed by atoms with Gasteiger partial charge in [0.1, 0.15) is 0 Å².